The molecule has 2 saturated heterocycles. The molecule has 2 fully saturated rings. The Bertz CT molecular complexity index is 659. The van der Waals surface area contributed by atoms with Gasteiger partial charge in [0.1, 0.15) is 0 Å². The maximum Gasteiger partial charge on any atom is 0.0669 e. The van der Waals surface area contributed by atoms with Crippen LogP contribution >= 0.6 is 0 Å². The van der Waals surface area contributed by atoms with E-state index in [-0.39, 0.29) is 0 Å². The van der Waals surface area contributed by atoms with Crippen molar-refractivity contribution >= 4 is 10.9 Å². The first-order valence-electron chi connectivity index (χ1n) is 7.99. The van der Waals surface area contributed by atoms with Crippen molar-refractivity contribution in [3.05, 3.63) is 35.5 Å². The van der Waals surface area contributed by atoms with Gasteiger partial charge in [-0.05, 0) is 37.4 Å². The highest BCUT2D eigenvalue weighted by molar-refractivity contribution is 5.85. The van der Waals surface area contributed by atoms with Gasteiger partial charge < -0.3 is 4.98 Å². The van der Waals surface area contributed by atoms with Crippen LogP contribution in [0.3, 0.4) is 0 Å². The molecule has 4 heterocycles. The molecule has 1 aromatic carbocycles. The smallest absolute Gasteiger partial charge is 0.0669 e. The Kier molecular flexibility index (Phi) is 2.32. The highest BCUT2D eigenvalue weighted by Gasteiger charge is 2.45. The Morgan fingerprint density at radius 1 is 1.05 bits per heavy atom. The second kappa shape index (κ2) is 4.09. The van der Waals surface area contributed by atoms with Crippen LogP contribution in [0.15, 0.2) is 24.3 Å². The lowest BCUT2D eigenvalue weighted by molar-refractivity contribution is 0.185. The molecule has 1 aromatic heterocycles. The van der Waals surface area contributed by atoms with Gasteiger partial charge in [0.15, 0.2) is 0 Å². The highest BCUT2D eigenvalue weighted by Crippen LogP contribution is 2.43. The molecule has 3 nitrogen and oxygen atoms in total. The number of benzene rings is 1. The lowest BCUT2D eigenvalue weighted by Gasteiger charge is -2.34. The predicted octanol–water partition coefficient (Wildman–Crippen LogP) is 2.89. The summed E-state index contributed by atoms with van der Waals surface area (Å²) in [6.07, 6.45) is 5.37. The first-order chi connectivity index (χ1) is 9.92. The average molecular weight is 267 g/mol. The van der Waals surface area contributed by atoms with E-state index < -0.39 is 0 Å². The second-order valence-corrected chi connectivity index (χ2v) is 6.59. The number of nitrogens with one attached hydrogen (secondary N) is 1. The summed E-state index contributed by atoms with van der Waals surface area (Å²) in [7, 11) is 0. The Hall–Kier alpha value is -1.32. The van der Waals surface area contributed by atoms with Gasteiger partial charge in [-0.15, -0.1) is 0 Å². The van der Waals surface area contributed by atoms with Gasteiger partial charge in [-0.1, -0.05) is 24.6 Å². The molecule has 0 radical (unpaired) electrons. The Morgan fingerprint density at radius 3 is 3.00 bits per heavy atom. The minimum absolute atomic E-state index is 0.617. The van der Waals surface area contributed by atoms with Gasteiger partial charge in [0.2, 0.25) is 0 Å². The van der Waals surface area contributed by atoms with E-state index in [1.165, 1.54) is 62.0 Å². The Balaban J connectivity index is 1.66. The third-order valence-corrected chi connectivity index (χ3v) is 5.58. The fourth-order valence-electron chi connectivity index (χ4n) is 4.70. The van der Waals surface area contributed by atoms with Crippen LogP contribution in [-0.4, -0.2) is 40.6 Å². The van der Waals surface area contributed by atoms with Crippen LogP contribution < -0.4 is 0 Å². The predicted molar refractivity (Wildman–Crippen MR) is 80.7 cm³/mol. The molecule has 104 valence electrons. The van der Waals surface area contributed by atoms with Gasteiger partial charge in [0.25, 0.3) is 0 Å². The number of aromatic amines is 1. The van der Waals surface area contributed by atoms with Crippen LogP contribution in [0.25, 0.3) is 10.9 Å². The SMILES string of the molecule is c1ccc2c3c([nH]c2c1)C1[C@H]2CCCCN2CN1CC3. The first-order valence-corrected chi connectivity index (χ1v) is 7.99. The number of fused-ring (bicyclic) bond motifs is 7. The van der Waals surface area contributed by atoms with Crippen LogP contribution in [-0.2, 0) is 6.42 Å². The van der Waals surface area contributed by atoms with Crippen molar-refractivity contribution in [3.63, 3.8) is 0 Å². The minimum Gasteiger partial charge on any atom is -0.357 e. The van der Waals surface area contributed by atoms with E-state index in [0.717, 1.165) is 6.04 Å². The number of para-hydroxylation sites is 1. The van der Waals surface area contributed by atoms with E-state index >= 15 is 0 Å². The Morgan fingerprint density at radius 2 is 2.00 bits per heavy atom. The van der Waals surface area contributed by atoms with Crippen molar-refractivity contribution in [3.8, 4) is 0 Å². The van der Waals surface area contributed by atoms with Gasteiger partial charge in [-0.3, -0.25) is 9.80 Å². The van der Waals surface area contributed by atoms with Gasteiger partial charge in [0, 0.05) is 29.2 Å². The summed E-state index contributed by atoms with van der Waals surface area (Å²) in [5, 5.41) is 1.46. The third-order valence-electron chi connectivity index (χ3n) is 5.58. The van der Waals surface area contributed by atoms with E-state index in [1.54, 1.807) is 5.56 Å². The van der Waals surface area contributed by atoms with Crippen LogP contribution in [0, 0.1) is 0 Å². The minimum atomic E-state index is 0.617. The zero-order valence-electron chi connectivity index (χ0n) is 11.8. The number of rotatable bonds is 0. The summed E-state index contributed by atoms with van der Waals surface area (Å²) in [4.78, 5) is 9.17. The molecule has 20 heavy (non-hydrogen) atoms. The van der Waals surface area contributed by atoms with E-state index in [0.29, 0.717) is 6.04 Å². The average Bonchev–Trinajstić information content (AvgIpc) is 3.04. The fourth-order valence-corrected chi connectivity index (χ4v) is 4.70. The number of nitrogens with zero attached hydrogens (tertiary/aromatic N) is 2. The number of piperidine rings is 1. The molecule has 0 saturated carbocycles. The molecule has 0 amide bonds. The third kappa shape index (κ3) is 1.42. The zero-order valence-corrected chi connectivity index (χ0v) is 11.8. The molecular weight excluding hydrogens is 246 g/mol. The molecule has 2 aromatic rings. The molecule has 1 N–H and O–H groups in total. The summed E-state index contributed by atoms with van der Waals surface area (Å²) in [6, 6.07) is 10.2. The van der Waals surface area contributed by atoms with Crippen LogP contribution in [0.5, 0.6) is 0 Å². The summed E-state index contributed by atoms with van der Waals surface area (Å²) in [5.74, 6) is 0. The van der Waals surface area contributed by atoms with Crippen molar-refractivity contribution in [2.24, 2.45) is 0 Å². The van der Waals surface area contributed by atoms with E-state index in [4.69, 9.17) is 0 Å². The topological polar surface area (TPSA) is 22.3 Å². The Labute approximate surface area is 119 Å². The molecule has 1 unspecified atom stereocenters. The summed E-state index contributed by atoms with van der Waals surface area (Å²) >= 11 is 0. The lowest BCUT2D eigenvalue weighted by atomic mass is 9.90. The van der Waals surface area contributed by atoms with E-state index in [9.17, 15) is 0 Å². The maximum atomic E-state index is 3.75. The monoisotopic (exact) mass is 267 g/mol. The van der Waals surface area contributed by atoms with Crippen molar-refractivity contribution in [1.29, 1.82) is 0 Å². The number of aromatic nitrogens is 1. The van der Waals surface area contributed by atoms with Crippen LogP contribution in [0.1, 0.15) is 36.6 Å². The number of H-pyrrole nitrogens is 1. The standard InChI is InChI=1S/C17H21N3/c1-2-6-14-12(5-1)13-8-10-20-11-19-9-4-3-7-15(19)17(20)16(13)18-14/h1-2,5-6,15,17-18H,3-4,7-11H2/t15-,17?/m1/s1. The molecule has 2 atom stereocenters. The molecule has 3 aliphatic rings. The second-order valence-electron chi connectivity index (χ2n) is 6.59. The van der Waals surface area contributed by atoms with Crippen molar-refractivity contribution in [2.75, 3.05) is 19.8 Å². The first kappa shape index (κ1) is 11.4. The van der Waals surface area contributed by atoms with Gasteiger partial charge in [0.05, 0.1) is 12.7 Å². The van der Waals surface area contributed by atoms with Crippen LogP contribution in [0.4, 0.5) is 0 Å². The largest absolute Gasteiger partial charge is 0.357 e. The molecule has 3 heteroatoms. The van der Waals surface area contributed by atoms with E-state index in [1.807, 2.05) is 0 Å². The molecular formula is C17H21N3. The summed E-state index contributed by atoms with van der Waals surface area (Å²) < 4.78 is 0. The molecule has 5 rings (SSSR count). The van der Waals surface area contributed by atoms with Gasteiger partial charge in [-0.25, -0.2) is 0 Å². The van der Waals surface area contributed by atoms with E-state index in [2.05, 4.69) is 39.0 Å². The quantitative estimate of drug-likeness (QED) is 0.793. The molecule has 0 spiro atoms. The summed E-state index contributed by atoms with van der Waals surface area (Å²) in [5.41, 5.74) is 4.44. The number of hydrogen-bond acceptors (Lipinski definition) is 2. The normalized spacial score (nSPS) is 30.2. The van der Waals surface area contributed by atoms with Gasteiger partial charge in [-0.2, -0.15) is 0 Å². The van der Waals surface area contributed by atoms with Gasteiger partial charge >= 0.3 is 0 Å². The number of hydrogen-bond donors (Lipinski definition) is 1. The maximum absolute atomic E-state index is 3.75. The zero-order chi connectivity index (χ0) is 13.1. The molecule has 0 aliphatic carbocycles. The van der Waals surface area contributed by atoms with Crippen molar-refractivity contribution in [2.45, 2.75) is 37.8 Å². The molecule has 0 bridgehead atoms. The lowest BCUT2D eigenvalue weighted by Crippen LogP contribution is -2.37. The van der Waals surface area contributed by atoms with Crippen molar-refractivity contribution < 1.29 is 0 Å². The summed E-state index contributed by atoms with van der Waals surface area (Å²) in [6.45, 7) is 3.71. The fraction of sp³-hybridized carbons (Fsp3) is 0.529. The van der Waals surface area contributed by atoms with Crippen molar-refractivity contribution in [1.82, 2.24) is 14.8 Å². The highest BCUT2D eigenvalue weighted by atomic mass is 15.4. The molecule has 3 aliphatic heterocycles. The van der Waals surface area contributed by atoms with Crippen LogP contribution in [0.2, 0.25) is 0 Å².